The first-order chi connectivity index (χ1) is 11.7. The van der Waals surface area contributed by atoms with Crippen LogP contribution in [0.3, 0.4) is 0 Å². The minimum atomic E-state index is -1.08. The quantitative estimate of drug-likeness (QED) is 0.842. The molecule has 0 fully saturated rings. The summed E-state index contributed by atoms with van der Waals surface area (Å²) in [4.78, 5) is 10.9. The van der Waals surface area contributed by atoms with Crippen molar-refractivity contribution in [3.05, 3.63) is 48.0 Å². The topological polar surface area (TPSA) is 77.0 Å². The van der Waals surface area contributed by atoms with Gasteiger partial charge in [-0.2, -0.15) is 0 Å². The Kier molecular flexibility index (Phi) is 3.88. The van der Waals surface area contributed by atoms with Crippen LogP contribution in [0.2, 0.25) is 0 Å². The average Bonchev–Trinajstić information content (AvgIpc) is 2.83. The van der Waals surface area contributed by atoms with Gasteiger partial charge in [0.25, 0.3) is 0 Å². The highest BCUT2D eigenvalue weighted by molar-refractivity contribution is 6.64. The Hall–Kier alpha value is -2.51. The van der Waals surface area contributed by atoms with Crippen molar-refractivity contribution in [1.82, 2.24) is 5.32 Å². The van der Waals surface area contributed by atoms with Crippen molar-refractivity contribution < 1.29 is 23.9 Å². The van der Waals surface area contributed by atoms with Crippen LogP contribution in [-0.2, 0) is 9.31 Å². The summed E-state index contributed by atoms with van der Waals surface area (Å²) < 4.78 is 17.5. The summed E-state index contributed by atoms with van der Waals surface area (Å²) in [6.45, 7) is 1.05. The fourth-order valence-corrected chi connectivity index (χ4v) is 3.25. The van der Waals surface area contributed by atoms with E-state index in [4.69, 9.17) is 19.2 Å². The van der Waals surface area contributed by atoms with Gasteiger partial charge in [0.15, 0.2) is 0 Å². The Morgan fingerprint density at radius 3 is 2.83 bits per heavy atom. The Morgan fingerprint density at radius 1 is 1.21 bits per heavy atom. The molecule has 6 nitrogen and oxygen atoms in total. The van der Waals surface area contributed by atoms with Crippen LogP contribution >= 0.6 is 0 Å². The SMILES string of the molecule is O=C(O)NCC1OB2OCCOc3ccc(-c4ccccc4)c1c32. The molecule has 2 aliphatic rings. The number of benzene rings is 2. The van der Waals surface area contributed by atoms with Gasteiger partial charge in [0, 0.05) is 12.0 Å². The van der Waals surface area contributed by atoms with Crippen LogP contribution in [0.4, 0.5) is 4.79 Å². The van der Waals surface area contributed by atoms with E-state index < -0.39 is 19.3 Å². The highest BCUT2D eigenvalue weighted by Crippen LogP contribution is 2.37. The molecule has 1 unspecified atom stereocenters. The highest BCUT2D eigenvalue weighted by atomic mass is 16.6. The summed E-state index contributed by atoms with van der Waals surface area (Å²) in [7, 11) is -0.526. The largest absolute Gasteiger partial charge is 0.498 e. The van der Waals surface area contributed by atoms with Gasteiger partial charge in [-0.1, -0.05) is 36.4 Å². The lowest BCUT2D eigenvalue weighted by Gasteiger charge is -2.18. The van der Waals surface area contributed by atoms with Crippen LogP contribution in [0.15, 0.2) is 42.5 Å². The molecule has 0 spiro atoms. The van der Waals surface area contributed by atoms with Crippen LogP contribution in [-0.4, -0.2) is 38.1 Å². The maximum atomic E-state index is 10.9. The molecule has 0 bridgehead atoms. The first kappa shape index (κ1) is 15.0. The lowest BCUT2D eigenvalue weighted by atomic mass is 9.75. The van der Waals surface area contributed by atoms with Crippen LogP contribution < -0.4 is 15.5 Å². The third-order valence-electron chi connectivity index (χ3n) is 4.23. The fraction of sp³-hybridized carbons (Fsp3) is 0.235. The molecule has 2 heterocycles. The predicted octanol–water partition coefficient (Wildman–Crippen LogP) is 1.80. The van der Waals surface area contributed by atoms with Crippen LogP contribution in [0.1, 0.15) is 11.7 Å². The minimum absolute atomic E-state index is 0.158. The Bertz CT molecular complexity index is 767. The van der Waals surface area contributed by atoms with E-state index in [1.54, 1.807) is 0 Å². The molecule has 2 aliphatic heterocycles. The van der Waals surface area contributed by atoms with Crippen molar-refractivity contribution in [3.63, 3.8) is 0 Å². The van der Waals surface area contributed by atoms with E-state index in [0.29, 0.717) is 13.2 Å². The molecule has 2 aromatic carbocycles. The summed E-state index contributed by atoms with van der Waals surface area (Å²) in [6, 6.07) is 13.9. The molecular weight excluding hydrogens is 309 g/mol. The van der Waals surface area contributed by atoms with Crippen molar-refractivity contribution >= 4 is 18.7 Å². The molecular formula is C17H16BNO5. The molecule has 4 rings (SSSR count). The summed E-state index contributed by atoms with van der Waals surface area (Å²) in [5.74, 6) is 0.741. The molecule has 122 valence electrons. The zero-order valence-electron chi connectivity index (χ0n) is 12.9. The van der Waals surface area contributed by atoms with Gasteiger partial charge in [-0.05, 0) is 22.8 Å². The van der Waals surface area contributed by atoms with E-state index in [0.717, 1.165) is 27.9 Å². The number of carbonyl (C=O) groups is 1. The molecule has 1 atom stereocenters. The number of nitrogens with one attached hydrogen (secondary N) is 1. The number of rotatable bonds is 3. The zero-order valence-corrected chi connectivity index (χ0v) is 12.9. The van der Waals surface area contributed by atoms with Gasteiger partial charge in [0.05, 0.1) is 12.7 Å². The normalized spacial score (nSPS) is 18.5. The van der Waals surface area contributed by atoms with Crippen molar-refractivity contribution in [2.75, 3.05) is 19.8 Å². The molecule has 2 N–H and O–H groups in total. The van der Waals surface area contributed by atoms with Gasteiger partial charge in [-0.15, -0.1) is 0 Å². The molecule has 2 aromatic rings. The molecule has 24 heavy (non-hydrogen) atoms. The molecule has 0 radical (unpaired) electrons. The first-order valence-corrected chi connectivity index (χ1v) is 7.83. The standard InChI is InChI=1S/C17H16BNO5/c20-17(21)19-10-14-15-12(11-4-2-1-3-5-11)6-7-13-16(15)18(24-14)23-9-8-22-13/h1-7,14,19H,8-10H2,(H,20,21). The van der Waals surface area contributed by atoms with Crippen molar-refractivity contribution in [2.45, 2.75) is 6.10 Å². The van der Waals surface area contributed by atoms with Gasteiger partial charge >= 0.3 is 13.2 Å². The second kappa shape index (κ2) is 6.18. The lowest BCUT2D eigenvalue weighted by molar-refractivity contribution is 0.138. The zero-order chi connectivity index (χ0) is 16.5. The van der Waals surface area contributed by atoms with E-state index in [9.17, 15) is 4.79 Å². The molecule has 0 saturated heterocycles. The van der Waals surface area contributed by atoms with Crippen LogP contribution in [0.25, 0.3) is 11.1 Å². The maximum Gasteiger partial charge on any atom is 0.498 e. The van der Waals surface area contributed by atoms with E-state index in [-0.39, 0.29) is 6.54 Å². The van der Waals surface area contributed by atoms with Gasteiger partial charge in [0.2, 0.25) is 0 Å². The van der Waals surface area contributed by atoms with E-state index in [1.165, 1.54) is 0 Å². The number of amides is 1. The summed E-state index contributed by atoms with van der Waals surface area (Å²) in [5.41, 5.74) is 3.85. The van der Waals surface area contributed by atoms with E-state index in [1.807, 2.05) is 42.5 Å². The van der Waals surface area contributed by atoms with E-state index >= 15 is 0 Å². The van der Waals surface area contributed by atoms with Crippen molar-refractivity contribution in [1.29, 1.82) is 0 Å². The lowest BCUT2D eigenvalue weighted by Crippen LogP contribution is -2.32. The Labute approximate surface area is 139 Å². The van der Waals surface area contributed by atoms with Gasteiger partial charge in [-0.3, -0.25) is 0 Å². The van der Waals surface area contributed by atoms with Crippen LogP contribution in [0.5, 0.6) is 5.75 Å². The summed E-state index contributed by atoms with van der Waals surface area (Å²) >= 11 is 0. The van der Waals surface area contributed by atoms with Crippen molar-refractivity contribution in [2.24, 2.45) is 0 Å². The van der Waals surface area contributed by atoms with Crippen molar-refractivity contribution in [3.8, 4) is 16.9 Å². The minimum Gasteiger partial charge on any atom is -0.492 e. The second-order valence-corrected chi connectivity index (χ2v) is 5.67. The number of hydrogen-bond acceptors (Lipinski definition) is 4. The van der Waals surface area contributed by atoms with Gasteiger partial charge in [0.1, 0.15) is 12.4 Å². The fourth-order valence-electron chi connectivity index (χ4n) is 3.25. The number of carboxylic acid groups (broad SMARTS) is 1. The maximum absolute atomic E-state index is 10.9. The predicted molar refractivity (Wildman–Crippen MR) is 88.6 cm³/mol. The summed E-state index contributed by atoms with van der Waals surface area (Å²) in [6.07, 6.45) is -1.50. The number of hydrogen-bond donors (Lipinski definition) is 2. The molecule has 7 heteroatoms. The monoisotopic (exact) mass is 325 g/mol. The third-order valence-corrected chi connectivity index (χ3v) is 4.23. The molecule has 1 amide bonds. The summed E-state index contributed by atoms with van der Waals surface area (Å²) in [5, 5.41) is 11.3. The smallest absolute Gasteiger partial charge is 0.492 e. The van der Waals surface area contributed by atoms with Crippen LogP contribution in [0, 0.1) is 0 Å². The molecule has 0 saturated carbocycles. The third kappa shape index (κ3) is 2.62. The van der Waals surface area contributed by atoms with Gasteiger partial charge < -0.3 is 24.5 Å². The molecule has 0 aliphatic carbocycles. The second-order valence-electron chi connectivity index (χ2n) is 5.67. The number of ether oxygens (including phenoxy) is 1. The Morgan fingerprint density at radius 2 is 2.04 bits per heavy atom. The average molecular weight is 325 g/mol. The first-order valence-electron chi connectivity index (χ1n) is 7.83. The van der Waals surface area contributed by atoms with E-state index in [2.05, 4.69) is 5.32 Å². The highest BCUT2D eigenvalue weighted by Gasteiger charge is 2.43. The molecule has 0 aromatic heterocycles. The van der Waals surface area contributed by atoms with Gasteiger partial charge in [-0.25, -0.2) is 4.79 Å². The Balaban J connectivity index is 1.83.